The molecule has 0 saturated heterocycles. The maximum absolute atomic E-state index is 15.0. The minimum Gasteiger partial charge on any atom is -0.494 e. The summed E-state index contributed by atoms with van der Waals surface area (Å²) < 4.78 is 55.0. The summed E-state index contributed by atoms with van der Waals surface area (Å²) >= 11 is 0. The number of ether oxygens (including phenoxy) is 2. The molecule has 0 heterocycles. The van der Waals surface area contributed by atoms with Gasteiger partial charge in [-0.2, -0.15) is 0 Å². The molecule has 0 aliphatic rings. The van der Waals surface area contributed by atoms with E-state index in [0.29, 0.717) is 41.4 Å². The normalized spacial score (nSPS) is 11.0. The predicted octanol–water partition coefficient (Wildman–Crippen LogP) is 8.57. The standard InChI is InChI=1S/C31H25F3O2/c1-3-19-36-26-16-13-24(29(32)20-26)10-7-21-5-8-22(9-6-21)27-17-18-28(31(34)30(27)33)23-11-14-25(15-12-23)35-4-2/h3,5-18,20H,1,4,19H2,2H3/b10-7+. The van der Waals surface area contributed by atoms with Crippen LogP contribution in [0, 0.1) is 17.5 Å². The number of hydrogen-bond acceptors (Lipinski definition) is 2. The van der Waals surface area contributed by atoms with Gasteiger partial charge in [-0.15, -0.1) is 0 Å². The zero-order valence-electron chi connectivity index (χ0n) is 19.8. The Morgan fingerprint density at radius 3 is 1.83 bits per heavy atom. The summed E-state index contributed by atoms with van der Waals surface area (Å²) in [4.78, 5) is 0. The van der Waals surface area contributed by atoms with Crippen LogP contribution >= 0.6 is 0 Å². The average Bonchev–Trinajstić information content (AvgIpc) is 2.90. The first-order chi connectivity index (χ1) is 17.5. The molecule has 5 heteroatoms. The van der Waals surface area contributed by atoms with Gasteiger partial charge in [0.1, 0.15) is 23.9 Å². The van der Waals surface area contributed by atoms with Crippen molar-refractivity contribution in [2.75, 3.05) is 13.2 Å². The fraction of sp³-hybridized carbons (Fsp3) is 0.0968. The van der Waals surface area contributed by atoms with Gasteiger partial charge in [-0.3, -0.25) is 0 Å². The van der Waals surface area contributed by atoms with Gasteiger partial charge in [0.25, 0.3) is 0 Å². The highest BCUT2D eigenvalue weighted by molar-refractivity contribution is 5.75. The molecule has 182 valence electrons. The van der Waals surface area contributed by atoms with Crippen molar-refractivity contribution in [2.45, 2.75) is 6.92 Å². The van der Waals surface area contributed by atoms with Gasteiger partial charge in [0, 0.05) is 22.8 Å². The highest BCUT2D eigenvalue weighted by Crippen LogP contribution is 2.32. The quantitative estimate of drug-likeness (QED) is 0.174. The second kappa shape index (κ2) is 11.5. The van der Waals surface area contributed by atoms with E-state index in [9.17, 15) is 13.2 Å². The lowest BCUT2D eigenvalue weighted by molar-refractivity contribution is 0.340. The second-order valence-corrected chi connectivity index (χ2v) is 7.98. The Kier molecular flexibility index (Phi) is 7.91. The zero-order valence-corrected chi connectivity index (χ0v) is 19.8. The van der Waals surface area contributed by atoms with Crippen molar-refractivity contribution in [1.82, 2.24) is 0 Å². The van der Waals surface area contributed by atoms with Crippen LogP contribution in [0.3, 0.4) is 0 Å². The molecule has 4 aromatic rings. The van der Waals surface area contributed by atoms with Crippen LogP contribution in [0.5, 0.6) is 11.5 Å². The monoisotopic (exact) mass is 486 g/mol. The van der Waals surface area contributed by atoms with Crippen LogP contribution in [0.1, 0.15) is 18.1 Å². The molecule has 0 amide bonds. The maximum atomic E-state index is 15.0. The molecule has 4 aromatic carbocycles. The van der Waals surface area contributed by atoms with Crippen LogP contribution < -0.4 is 9.47 Å². The SMILES string of the molecule is C=CCOc1ccc(/C=C/c2ccc(-c3ccc(-c4ccc(OCC)cc4)c(F)c3F)cc2)c(F)c1. The summed E-state index contributed by atoms with van der Waals surface area (Å²) in [6.45, 7) is 6.27. The average molecular weight is 487 g/mol. The van der Waals surface area contributed by atoms with Gasteiger partial charge < -0.3 is 9.47 Å². The van der Waals surface area contributed by atoms with Gasteiger partial charge in [-0.25, -0.2) is 13.2 Å². The van der Waals surface area contributed by atoms with Crippen molar-refractivity contribution in [3.8, 4) is 33.8 Å². The minimum atomic E-state index is -0.912. The van der Waals surface area contributed by atoms with Gasteiger partial charge in [0.2, 0.25) is 0 Å². The molecule has 0 aliphatic heterocycles. The molecule has 0 atom stereocenters. The van der Waals surface area contributed by atoms with E-state index in [4.69, 9.17) is 9.47 Å². The van der Waals surface area contributed by atoms with E-state index in [0.717, 1.165) is 5.56 Å². The van der Waals surface area contributed by atoms with E-state index in [1.54, 1.807) is 91.0 Å². The largest absolute Gasteiger partial charge is 0.494 e. The summed E-state index contributed by atoms with van der Waals surface area (Å²) in [5, 5.41) is 0. The van der Waals surface area contributed by atoms with Crippen LogP contribution in [0.2, 0.25) is 0 Å². The molecule has 0 fully saturated rings. The van der Waals surface area contributed by atoms with Crippen molar-refractivity contribution in [3.63, 3.8) is 0 Å². The van der Waals surface area contributed by atoms with Crippen LogP contribution in [-0.2, 0) is 0 Å². The van der Waals surface area contributed by atoms with Crippen molar-refractivity contribution >= 4 is 12.2 Å². The summed E-state index contributed by atoms with van der Waals surface area (Å²) in [6, 6.07) is 21.6. The topological polar surface area (TPSA) is 18.5 Å². The molecule has 4 rings (SSSR count). The van der Waals surface area contributed by atoms with E-state index in [1.807, 2.05) is 6.92 Å². The Balaban J connectivity index is 1.51. The Labute approximate surface area is 209 Å². The maximum Gasteiger partial charge on any atom is 0.167 e. The number of benzene rings is 4. The molecule has 0 N–H and O–H groups in total. The number of halogens is 3. The summed E-state index contributed by atoms with van der Waals surface area (Å²) in [6.07, 6.45) is 4.98. The van der Waals surface area contributed by atoms with Crippen molar-refractivity contribution in [3.05, 3.63) is 120 Å². The Bertz CT molecular complexity index is 1370. The van der Waals surface area contributed by atoms with Crippen LogP contribution in [0.4, 0.5) is 13.2 Å². The summed E-state index contributed by atoms with van der Waals surface area (Å²) in [7, 11) is 0. The molecule has 0 bridgehead atoms. The first-order valence-electron chi connectivity index (χ1n) is 11.5. The molecule has 0 unspecified atom stereocenters. The van der Waals surface area contributed by atoms with Crippen LogP contribution in [-0.4, -0.2) is 13.2 Å². The first kappa shape index (κ1) is 24.9. The van der Waals surface area contributed by atoms with Crippen molar-refractivity contribution in [2.24, 2.45) is 0 Å². The van der Waals surface area contributed by atoms with Gasteiger partial charge in [0.05, 0.1) is 6.61 Å². The molecular formula is C31H25F3O2. The molecule has 0 aliphatic carbocycles. The van der Waals surface area contributed by atoms with Crippen LogP contribution in [0.15, 0.2) is 91.5 Å². The molecular weight excluding hydrogens is 461 g/mol. The molecule has 36 heavy (non-hydrogen) atoms. The third-order valence-corrected chi connectivity index (χ3v) is 5.58. The molecule has 0 spiro atoms. The zero-order chi connectivity index (χ0) is 25.5. The van der Waals surface area contributed by atoms with Crippen molar-refractivity contribution < 1.29 is 22.6 Å². The number of rotatable bonds is 9. The third-order valence-electron chi connectivity index (χ3n) is 5.58. The lowest BCUT2D eigenvalue weighted by Crippen LogP contribution is -1.95. The Morgan fingerprint density at radius 1 is 0.694 bits per heavy atom. The van der Waals surface area contributed by atoms with E-state index < -0.39 is 17.5 Å². The fourth-order valence-electron chi connectivity index (χ4n) is 3.74. The summed E-state index contributed by atoms with van der Waals surface area (Å²) in [5.41, 5.74) is 2.65. The Morgan fingerprint density at radius 2 is 1.28 bits per heavy atom. The molecule has 2 nitrogen and oxygen atoms in total. The smallest absolute Gasteiger partial charge is 0.167 e. The van der Waals surface area contributed by atoms with E-state index >= 15 is 0 Å². The van der Waals surface area contributed by atoms with Gasteiger partial charge >= 0.3 is 0 Å². The molecule has 0 aromatic heterocycles. The van der Waals surface area contributed by atoms with Gasteiger partial charge in [-0.05, 0) is 47.9 Å². The van der Waals surface area contributed by atoms with Crippen molar-refractivity contribution in [1.29, 1.82) is 0 Å². The highest BCUT2D eigenvalue weighted by atomic mass is 19.2. The predicted molar refractivity (Wildman–Crippen MR) is 139 cm³/mol. The van der Waals surface area contributed by atoms with E-state index in [-0.39, 0.29) is 11.1 Å². The second-order valence-electron chi connectivity index (χ2n) is 7.98. The number of hydrogen-bond donors (Lipinski definition) is 0. The van der Waals surface area contributed by atoms with Gasteiger partial charge in [0.15, 0.2) is 11.6 Å². The van der Waals surface area contributed by atoms with Crippen LogP contribution in [0.25, 0.3) is 34.4 Å². The third kappa shape index (κ3) is 5.69. The minimum absolute atomic E-state index is 0.166. The lowest BCUT2D eigenvalue weighted by Gasteiger charge is -2.10. The molecule has 0 saturated carbocycles. The summed E-state index contributed by atoms with van der Waals surface area (Å²) in [5.74, 6) is -1.13. The van der Waals surface area contributed by atoms with E-state index in [1.165, 1.54) is 6.07 Å². The first-order valence-corrected chi connectivity index (χ1v) is 11.5. The molecule has 0 radical (unpaired) electrons. The van der Waals surface area contributed by atoms with Gasteiger partial charge in [-0.1, -0.05) is 73.3 Å². The highest BCUT2D eigenvalue weighted by Gasteiger charge is 2.16. The lowest BCUT2D eigenvalue weighted by atomic mass is 9.98. The Hall–Kier alpha value is -4.25. The fourth-order valence-corrected chi connectivity index (χ4v) is 3.74. The van der Waals surface area contributed by atoms with E-state index in [2.05, 4.69) is 6.58 Å².